The van der Waals surface area contributed by atoms with Crippen LogP contribution in [0.4, 0.5) is 5.69 Å². The Morgan fingerprint density at radius 3 is 3.12 bits per heavy atom. The fourth-order valence-electron chi connectivity index (χ4n) is 2.21. The number of nitrogen functional groups attached to an aromatic ring is 1. The first-order valence-electron chi connectivity index (χ1n) is 5.37. The van der Waals surface area contributed by atoms with Gasteiger partial charge < -0.3 is 16.2 Å². The van der Waals surface area contributed by atoms with Crippen LogP contribution in [0.5, 0.6) is 5.75 Å². The van der Waals surface area contributed by atoms with E-state index < -0.39 is 0 Å². The average molecular weight is 215 g/mol. The maximum absolute atomic E-state index is 9.76. The van der Waals surface area contributed by atoms with Crippen LogP contribution >= 0.6 is 0 Å². The van der Waals surface area contributed by atoms with Crippen LogP contribution in [0, 0.1) is 0 Å². The molecule has 4 nitrogen and oxygen atoms in total. The van der Waals surface area contributed by atoms with Crippen LogP contribution in [-0.2, 0) is 13.0 Å². The lowest BCUT2D eigenvalue weighted by molar-refractivity contribution is 0.480. The average Bonchev–Trinajstić information content (AvgIpc) is 2.31. The van der Waals surface area contributed by atoms with Gasteiger partial charge in [-0.3, -0.25) is 0 Å². The number of pyridine rings is 1. The Labute approximate surface area is 93.1 Å². The van der Waals surface area contributed by atoms with Crippen molar-refractivity contribution in [3.8, 4) is 5.75 Å². The van der Waals surface area contributed by atoms with Gasteiger partial charge in [-0.25, -0.2) is 4.98 Å². The molecule has 4 heteroatoms. The molecule has 3 rings (SSSR count). The number of nitrogens with two attached hydrogens (primary N) is 1. The summed E-state index contributed by atoms with van der Waals surface area (Å²) in [6.45, 7) is 1.68. The number of para-hydroxylation sites is 1. The minimum Gasteiger partial charge on any atom is -0.506 e. The molecule has 0 atom stereocenters. The molecule has 0 amide bonds. The van der Waals surface area contributed by atoms with Crippen LogP contribution in [0.2, 0.25) is 0 Å². The van der Waals surface area contributed by atoms with Crippen molar-refractivity contribution >= 4 is 16.6 Å². The number of aromatic nitrogens is 1. The Morgan fingerprint density at radius 1 is 1.38 bits per heavy atom. The Bertz CT molecular complexity index is 566. The highest BCUT2D eigenvalue weighted by atomic mass is 16.3. The summed E-state index contributed by atoms with van der Waals surface area (Å²) in [6, 6.07) is 5.33. The van der Waals surface area contributed by atoms with Gasteiger partial charge in [-0.2, -0.15) is 0 Å². The molecule has 1 aliphatic rings. The molecule has 0 saturated carbocycles. The molecule has 0 saturated heterocycles. The van der Waals surface area contributed by atoms with Gasteiger partial charge in [0.2, 0.25) is 0 Å². The van der Waals surface area contributed by atoms with Gasteiger partial charge in [-0.15, -0.1) is 0 Å². The molecule has 82 valence electrons. The van der Waals surface area contributed by atoms with E-state index in [0.717, 1.165) is 41.8 Å². The topological polar surface area (TPSA) is 71.2 Å². The second-order valence-corrected chi connectivity index (χ2v) is 4.05. The molecular formula is C12H13N3O. The summed E-state index contributed by atoms with van der Waals surface area (Å²) in [4.78, 5) is 4.51. The van der Waals surface area contributed by atoms with Crippen molar-refractivity contribution in [3.63, 3.8) is 0 Å². The van der Waals surface area contributed by atoms with Gasteiger partial charge in [-0.05, 0) is 6.07 Å². The van der Waals surface area contributed by atoms with Gasteiger partial charge in [-0.1, -0.05) is 12.1 Å². The smallest absolute Gasteiger partial charge is 0.141 e. The minimum absolute atomic E-state index is 0.200. The van der Waals surface area contributed by atoms with E-state index in [1.807, 2.05) is 6.07 Å². The number of anilines is 1. The monoisotopic (exact) mass is 215 g/mol. The van der Waals surface area contributed by atoms with Crippen LogP contribution in [0.25, 0.3) is 10.9 Å². The van der Waals surface area contributed by atoms with E-state index in [-0.39, 0.29) is 5.75 Å². The van der Waals surface area contributed by atoms with Gasteiger partial charge in [0.25, 0.3) is 0 Å². The van der Waals surface area contributed by atoms with Crippen molar-refractivity contribution < 1.29 is 5.11 Å². The number of nitrogens with one attached hydrogen (secondary N) is 1. The maximum Gasteiger partial charge on any atom is 0.141 e. The van der Waals surface area contributed by atoms with Crippen LogP contribution in [0.3, 0.4) is 0 Å². The van der Waals surface area contributed by atoms with Crippen LogP contribution in [0.1, 0.15) is 11.3 Å². The minimum atomic E-state index is 0.200. The lowest BCUT2D eigenvalue weighted by Gasteiger charge is -2.19. The number of fused-ring (bicyclic) bond motifs is 2. The van der Waals surface area contributed by atoms with Crippen LogP contribution in [-0.4, -0.2) is 16.6 Å². The molecule has 1 aromatic carbocycles. The highest BCUT2D eigenvalue weighted by Gasteiger charge is 2.16. The quantitative estimate of drug-likeness (QED) is 0.617. The highest BCUT2D eigenvalue weighted by Crippen LogP contribution is 2.31. The van der Waals surface area contributed by atoms with Gasteiger partial charge in [0.1, 0.15) is 11.3 Å². The summed E-state index contributed by atoms with van der Waals surface area (Å²) in [5, 5.41) is 13.9. The summed E-state index contributed by atoms with van der Waals surface area (Å²) in [5.74, 6) is 0.200. The van der Waals surface area contributed by atoms with E-state index in [4.69, 9.17) is 5.73 Å². The first kappa shape index (κ1) is 9.42. The van der Waals surface area contributed by atoms with Crippen LogP contribution in [0.15, 0.2) is 18.2 Å². The number of phenolic OH excluding ortho intramolecular Hbond substituents is 1. The van der Waals surface area contributed by atoms with Crippen LogP contribution < -0.4 is 11.1 Å². The molecule has 2 heterocycles. The fourth-order valence-corrected chi connectivity index (χ4v) is 2.21. The highest BCUT2D eigenvalue weighted by molar-refractivity contribution is 5.95. The summed E-state index contributed by atoms with van der Waals surface area (Å²) < 4.78 is 0. The van der Waals surface area contributed by atoms with Crippen molar-refractivity contribution in [2.75, 3.05) is 12.3 Å². The second kappa shape index (κ2) is 3.35. The Balaban J connectivity index is 2.39. The third-order valence-corrected chi connectivity index (χ3v) is 3.07. The van der Waals surface area contributed by atoms with Gasteiger partial charge in [0, 0.05) is 41.8 Å². The number of hydrogen-bond donors (Lipinski definition) is 3. The molecule has 0 fully saturated rings. The molecule has 1 aliphatic heterocycles. The zero-order valence-electron chi connectivity index (χ0n) is 8.83. The standard InChI is InChI=1S/C12H13N3O/c13-11-7-2-1-3-10(16)12(7)15-9-4-5-14-6-8(9)11/h1-3,14,16H,4-6H2,(H2,13,15). The molecule has 16 heavy (non-hydrogen) atoms. The third kappa shape index (κ3) is 1.23. The fraction of sp³-hybridized carbons (Fsp3) is 0.250. The largest absolute Gasteiger partial charge is 0.506 e. The number of nitrogens with zero attached hydrogens (tertiary/aromatic N) is 1. The van der Waals surface area contributed by atoms with Gasteiger partial charge in [0.05, 0.1) is 0 Å². The van der Waals surface area contributed by atoms with Gasteiger partial charge >= 0.3 is 0 Å². The molecule has 4 N–H and O–H groups in total. The summed E-state index contributed by atoms with van der Waals surface area (Å²) >= 11 is 0. The number of phenols is 1. The van der Waals surface area contributed by atoms with Crippen molar-refractivity contribution in [3.05, 3.63) is 29.5 Å². The molecule has 2 aromatic rings. The maximum atomic E-state index is 9.76. The number of aromatic hydroxyl groups is 1. The lowest BCUT2D eigenvalue weighted by Crippen LogP contribution is -2.25. The molecule has 0 bridgehead atoms. The predicted octanol–water partition coefficient (Wildman–Crippen LogP) is 1.17. The zero-order valence-corrected chi connectivity index (χ0v) is 8.83. The molecule has 0 aliphatic carbocycles. The number of benzene rings is 1. The second-order valence-electron chi connectivity index (χ2n) is 4.05. The van der Waals surface area contributed by atoms with E-state index in [2.05, 4.69) is 10.3 Å². The first-order chi connectivity index (χ1) is 7.77. The molecule has 0 unspecified atom stereocenters. The van der Waals surface area contributed by atoms with Crippen molar-refractivity contribution in [2.45, 2.75) is 13.0 Å². The molecule has 0 spiro atoms. The Kier molecular flexibility index (Phi) is 1.97. The summed E-state index contributed by atoms with van der Waals surface area (Å²) in [6.07, 6.45) is 0.865. The third-order valence-electron chi connectivity index (χ3n) is 3.07. The number of hydrogen-bond acceptors (Lipinski definition) is 4. The van der Waals surface area contributed by atoms with E-state index >= 15 is 0 Å². The summed E-state index contributed by atoms with van der Waals surface area (Å²) in [7, 11) is 0. The Hall–Kier alpha value is -1.81. The van der Waals surface area contributed by atoms with E-state index in [1.165, 1.54) is 0 Å². The van der Waals surface area contributed by atoms with E-state index in [9.17, 15) is 5.11 Å². The molecule has 0 radical (unpaired) electrons. The SMILES string of the molecule is Nc1c2c(nc3c(O)cccc13)CCNC2. The van der Waals surface area contributed by atoms with Crippen molar-refractivity contribution in [2.24, 2.45) is 0 Å². The molecule has 1 aromatic heterocycles. The predicted molar refractivity (Wildman–Crippen MR) is 63.2 cm³/mol. The summed E-state index contributed by atoms with van der Waals surface area (Å²) in [5.41, 5.74) is 9.55. The van der Waals surface area contributed by atoms with E-state index in [0.29, 0.717) is 5.52 Å². The number of rotatable bonds is 0. The van der Waals surface area contributed by atoms with Gasteiger partial charge in [0.15, 0.2) is 0 Å². The van der Waals surface area contributed by atoms with Crippen molar-refractivity contribution in [1.82, 2.24) is 10.3 Å². The zero-order chi connectivity index (χ0) is 11.1. The van der Waals surface area contributed by atoms with E-state index in [1.54, 1.807) is 12.1 Å². The van der Waals surface area contributed by atoms with Crippen molar-refractivity contribution in [1.29, 1.82) is 0 Å². The lowest BCUT2D eigenvalue weighted by atomic mass is 10.0. The Morgan fingerprint density at radius 2 is 2.25 bits per heavy atom. The first-order valence-corrected chi connectivity index (χ1v) is 5.37. The normalized spacial score (nSPS) is 15.0. The molecular weight excluding hydrogens is 202 g/mol.